The molecular formula is C22H18F3N7O. The maximum absolute atomic E-state index is 13.1. The molecule has 0 unspecified atom stereocenters. The number of nitrogens with one attached hydrogen (secondary N) is 2. The number of nitrogens with two attached hydrogens (primary N) is 1. The van der Waals surface area contributed by atoms with Crippen molar-refractivity contribution >= 4 is 34.5 Å². The second kappa shape index (κ2) is 7.47. The molecule has 0 fully saturated rings. The summed E-state index contributed by atoms with van der Waals surface area (Å²) in [5.41, 5.74) is 9.12. The van der Waals surface area contributed by atoms with Gasteiger partial charge in [-0.05, 0) is 42.3 Å². The van der Waals surface area contributed by atoms with Gasteiger partial charge in [0.05, 0.1) is 35.0 Å². The molecule has 1 aliphatic heterocycles. The van der Waals surface area contributed by atoms with Gasteiger partial charge in [0.15, 0.2) is 17.6 Å². The number of carbonyl (C=O) groups is 1. The van der Waals surface area contributed by atoms with Gasteiger partial charge in [0.2, 0.25) is 5.91 Å². The molecule has 168 valence electrons. The molecule has 0 aliphatic carbocycles. The lowest BCUT2D eigenvalue weighted by molar-refractivity contribution is -0.137. The number of alkyl halides is 3. The summed E-state index contributed by atoms with van der Waals surface area (Å²) in [5, 5.41) is 2.67. The largest absolute Gasteiger partial charge is 0.416 e. The number of anilines is 3. The van der Waals surface area contributed by atoms with E-state index in [-0.39, 0.29) is 24.8 Å². The van der Waals surface area contributed by atoms with Crippen molar-refractivity contribution in [1.29, 1.82) is 0 Å². The summed E-state index contributed by atoms with van der Waals surface area (Å²) in [7, 11) is 0. The van der Waals surface area contributed by atoms with Gasteiger partial charge >= 0.3 is 6.18 Å². The van der Waals surface area contributed by atoms with E-state index in [1.807, 2.05) is 19.1 Å². The number of aryl methyl sites for hydroxylation is 1. The number of rotatable bonds is 3. The molecule has 5 rings (SSSR count). The number of aromatic nitrogens is 4. The van der Waals surface area contributed by atoms with Crippen LogP contribution in [0, 0.1) is 6.92 Å². The third-order valence-corrected chi connectivity index (χ3v) is 5.38. The Labute approximate surface area is 185 Å². The molecule has 0 atom stereocenters. The van der Waals surface area contributed by atoms with Gasteiger partial charge in [-0.1, -0.05) is 12.1 Å². The van der Waals surface area contributed by atoms with Crippen LogP contribution in [0.15, 0.2) is 42.6 Å². The lowest BCUT2D eigenvalue weighted by Gasteiger charge is -2.29. The van der Waals surface area contributed by atoms with E-state index in [0.29, 0.717) is 28.5 Å². The molecule has 2 aromatic heterocycles. The van der Waals surface area contributed by atoms with Crippen LogP contribution in [0.2, 0.25) is 0 Å². The molecule has 1 amide bonds. The first kappa shape index (κ1) is 20.7. The summed E-state index contributed by atoms with van der Waals surface area (Å²) in [6, 6.07) is 8.75. The number of nitrogen functional groups attached to an aromatic ring is 1. The van der Waals surface area contributed by atoms with Crippen molar-refractivity contribution in [2.75, 3.05) is 22.5 Å². The summed E-state index contributed by atoms with van der Waals surface area (Å²) in [6.45, 7) is 1.92. The number of fused-ring (bicyclic) bond motifs is 2. The van der Waals surface area contributed by atoms with Gasteiger partial charge in [-0.15, -0.1) is 0 Å². The normalized spacial score (nSPS) is 13.8. The Morgan fingerprint density at radius 3 is 2.79 bits per heavy atom. The van der Waals surface area contributed by atoms with Crippen LogP contribution in [0.3, 0.4) is 0 Å². The first-order valence-corrected chi connectivity index (χ1v) is 10.0. The van der Waals surface area contributed by atoms with Crippen molar-refractivity contribution in [3.8, 4) is 11.3 Å². The number of amides is 1. The fraction of sp³-hybridized carbons (Fsp3) is 0.182. The van der Waals surface area contributed by atoms with Gasteiger partial charge in [-0.25, -0.2) is 15.0 Å². The highest BCUT2D eigenvalue weighted by molar-refractivity contribution is 5.99. The van der Waals surface area contributed by atoms with Crippen molar-refractivity contribution in [3.05, 3.63) is 59.3 Å². The van der Waals surface area contributed by atoms with Crippen LogP contribution < -0.4 is 16.0 Å². The van der Waals surface area contributed by atoms with Gasteiger partial charge < -0.3 is 20.9 Å². The SMILES string of the molecule is Cc1cc(-c2cnc3c(n2)N(Cc2cccc(C(F)(F)F)c2)CC(=O)N3)cc2nc(N)[nH]c12. The highest BCUT2D eigenvalue weighted by Gasteiger charge is 2.31. The van der Waals surface area contributed by atoms with Crippen molar-refractivity contribution in [2.45, 2.75) is 19.6 Å². The van der Waals surface area contributed by atoms with Gasteiger partial charge in [0.1, 0.15) is 0 Å². The molecular weight excluding hydrogens is 435 g/mol. The maximum atomic E-state index is 13.1. The van der Waals surface area contributed by atoms with E-state index in [1.54, 1.807) is 11.0 Å². The van der Waals surface area contributed by atoms with Crippen molar-refractivity contribution in [3.63, 3.8) is 0 Å². The number of aromatic amines is 1. The maximum Gasteiger partial charge on any atom is 0.416 e. The minimum absolute atomic E-state index is 0.0602. The number of benzene rings is 2. The predicted molar refractivity (Wildman–Crippen MR) is 117 cm³/mol. The minimum Gasteiger partial charge on any atom is -0.369 e. The van der Waals surface area contributed by atoms with Crippen LogP contribution in [-0.2, 0) is 17.5 Å². The number of carbonyl (C=O) groups excluding carboxylic acids is 1. The smallest absolute Gasteiger partial charge is 0.369 e. The van der Waals surface area contributed by atoms with Crippen LogP contribution in [0.25, 0.3) is 22.3 Å². The molecule has 1 aliphatic rings. The Balaban J connectivity index is 1.53. The van der Waals surface area contributed by atoms with E-state index in [1.165, 1.54) is 12.3 Å². The van der Waals surface area contributed by atoms with Crippen molar-refractivity contribution < 1.29 is 18.0 Å². The molecule has 2 aromatic carbocycles. The highest BCUT2D eigenvalue weighted by atomic mass is 19.4. The van der Waals surface area contributed by atoms with Gasteiger partial charge in [0, 0.05) is 12.1 Å². The molecule has 33 heavy (non-hydrogen) atoms. The average Bonchev–Trinajstić information content (AvgIpc) is 3.14. The second-order valence-electron chi connectivity index (χ2n) is 7.84. The molecule has 0 spiro atoms. The molecule has 0 saturated carbocycles. The molecule has 8 nitrogen and oxygen atoms in total. The Morgan fingerprint density at radius 1 is 1.18 bits per heavy atom. The minimum atomic E-state index is -4.45. The van der Waals surface area contributed by atoms with E-state index in [9.17, 15) is 18.0 Å². The summed E-state index contributed by atoms with van der Waals surface area (Å²) in [4.78, 5) is 30.1. The average molecular weight is 453 g/mol. The number of halogens is 3. The van der Waals surface area contributed by atoms with Gasteiger partial charge in [0.25, 0.3) is 0 Å². The standard InChI is InChI=1S/C22H18F3N7O/c1-11-5-13(7-15-18(11)31-21(26)29-15)16-8-27-19-20(28-16)32(10-17(33)30-19)9-12-3-2-4-14(6-12)22(23,24)25/h2-8H,9-10H2,1H3,(H3,26,29,31)(H,27,30,33). The first-order valence-electron chi connectivity index (χ1n) is 10.0. The second-order valence-corrected chi connectivity index (χ2v) is 7.84. The van der Waals surface area contributed by atoms with Crippen molar-refractivity contribution in [1.82, 2.24) is 19.9 Å². The molecule has 11 heteroatoms. The predicted octanol–water partition coefficient (Wildman–Crippen LogP) is 3.89. The number of nitrogens with zero attached hydrogens (tertiary/aromatic N) is 4. The number of hydrogen-bond acceptors (Lipinski definition) is 6. The molecule has 0 bridgehead atoms. The molecule has 4 aromatic rings. The van der Waals surface area contributed by atoms with E-state index < -0.39 is 11.7 Å². The Hall–Kier alpha value is -4.15. The Bertz CT molecular complexity index is 1400. The van der Waals surface area contributed by atoms with Crippen LogP contribution in [0.5, 0.6) is 0 Å². The quantitative estimate of drug-likeness (QED) is 0.434. The highest BCUT2D eigenvalue weighted by Crippen LogP contribution is 2.33. The summed E-state index contributed by atoms with van der Waals surface area (Å²) in [5.74, 6) is 0.616. The summed E-state index contributed by atoms with van der Waals surface area (Å²) >= 11 is 0. The monoisotopic (exact) mass is 453 g/mol. The lowest BCUT2D eigenvalue weighted by atomic mass is 10.1. The molecule has 0 saturated heterocycles. The third kappa shape index (κ3) is 3.93. The van der Waals surface area contributed by atoms with Crippen molar-refractivity contribution in [2.24, 2.45) is 0 Å². The zero-order valence-corrected chi connectivity index (χ0v) is 17.4. The number of hydrogen-bond donors (Lipinski definition) is 3. The van der Waals surface area contributed by atoms with Crippen LogP contribution in [-0.4, -0.2) is 32.4 Å². The van der Waals surface area contributed by atoms with Crippen LogP contribution in [0.1, 0.15) is 16.7 Å². The van der Waals surface area contributed by atoms with Gasteiger partial charge in [-0.3, -0.25) is 4.79 Å². The summed E-state index contributed by atoms with van der Waals surface area (Å²) < 4.78 is 39.4. The number of H-pyrrole nitrogens is 1. The first-order chi connectivity index (χ1) is 15.7. The van der Waals surface area contributed by atoms with E-state index in [2.05, 4.69) is 25.3 Å². The van der Waals surface area contributed by atoms with E-state index >= 15 is 0 Å². The van der Waals surface area contributed by atoms with E-state index in [4.69, 9.17) is 5.73 Å². The van der Waals surface area contributed by atoms with Gasteiger partial charge in [-0.2, -0.15) is 13.2 Å². The molecule has 0 radical (unpaired) electrons. The third-order valence-electron chi connectivity index (χ3n) is 5.38. The van der Waals surface area contributed by atoms with Crippen LogP contribution in [0.4, 0.5) is 30.8 Å². The molecule has 4 N–H and O–H groups in total. The Kier molecular flexibility index (Phi) is 4.69. The number of imidazole rings is 1. The molecule has 3 heterocycles. The fourth-order valence-electron chi connectivity index (χ4n) is 3.90. The van der Waals surface area contributed by atoms with Crippen LogP contribution >= 0.6 is 0 Å². The fourth-order valence-corrected chi connectivity index (χ4v) is 3.90. The zero-order chi connectivity index (χ0) is 23.3. The topological polar surface area (TPSA) is 113 Å². The Morgan fingerprint density at radius 2 is 2.00 bits per heavy atom. The lowest BCUT2D eigenvalue weighted by Crippen LogP contribution is -2.39. The zero-order valence-electron chi connectivity index (χ0n) is 17.4. The van der Waals surface area contributed by atoms with E-state index in [0.717, 1.165) is 28.8 Å². The summed E-state index contributed by atoms with van der Waals surface area (Å²) in [6.07, 6.45) is -2.92.